The van der Waals surface area contributed by atoms with Gasteiger partial charge in [0.2, 0.25) is 5.91 Å². The van der Waals surface area contributed by atoms with Crippen LogP contribution in [-0.4, -0.2) is 45.4 Å². The lowest BCUT2D eigenvalue weighted by Gasteiger charge is -2.16. The summed E-state index contributed by atoms with van der Waals surface area (Å²) in [7, 11) is -1.42. The first-order valence-electron chi connectivity index (χ1n) is 5.37. The van der Waals surface area contributed by atoms with Gasteiger partial charge in [0.15, 0.2) is 0 Å². The van der Waals surface area contributed by atoms with E-state index >= 15 is 0 Å². The van der Waals surface area contributed by atoms with Gasteiger partial charge in [-0.3, -0.25) is 9.36 Å². The lowest BCUT2D eigenvalue weighted by atomic mass is 10.6. The van der Waals surface area contributed by atoms with Crippen molar-refractivity contribution in [2.75, 3.05) is 39.5 Å². The van der Waals surface area contributed by atoms with Gasteiger partial charge in [0.25, 0.3) is 0 Å². The summed E-state index contributed by atoms with van der Waals surface area (Å²) in [5.41, 5.74) is 0. The lowest BCUT2D eigenvalue weighted by molar-refractivity contribution is -0.119. The maximum atomic E-state index is 11.9. The van der Waals surface area contributed by atoms with E-state index in [1.165, 1.54) is 0 Å². The van der Waals surface area contributed by atoms with Gasteiger partial charge in [-0.05, 0) is 13.8 Å². The molecule has 0 aromatic carbocycles. The molecule has 7 heteroatoms. The molecule has 0 saturated carbocycles. The summed E-state index contributed by atoms with van der Waals surface area (Å²) in [5, 5.41) is 5.34. The molecule has 0 aliphatic heterocycles. The molecule has 0 saturated heterocycles. The average molecular weight is 252 g/mol. The molecular formula is C9H21N2O4P. The maximum absolute atomic E-state index is 11.9. The quantitative estimate of drug-likeness (QED) is 0.464. The molecule has 0 atom stereocenters. The Bertz CT molecular complexity index is 238. The Morgan fingerprint density at radius 1 is 1.25 bits per heavy atom. The van der Waals surface area contributed by atoms with E-state index in [2.05, 4.69) is 10.6 Å². The fourth-order valence-electron chi connectivity index (χ4n) is 1.07. The first kappa shape index (κ1) is 15.6. The van der Waals surface area contributed by atoms with Crippen molar-refractivity contribution in [3.63, 3.8) is 0 Å². The molecule has 0 radical (unpaired) electrons. The van der Waals surface area contributed by atoms with E-state index < -0.39 is 7.60 Å². The molecule has 0 fully saturated rings. The smallest absolute Gasteiger partial charge is 0.331 e. The third-order valence-electron chi connectivity index (χ3n) is 1.78. The minimum Gasteiger partial charge on any atom is -0.358 e. The highest BCUT2D eigenvalue weighted by Gasteiger charge is 2.22. The molecule has 0 aliphatic rings. The van der Waals surface area contributed by atoms with Crippen LogP contribution in [0, 0.1) is 0 Å². The van der Waals surface area contributed by atoms with Crippen LogP contribution in [0.2, 0.25) is 0 Å². The largest absolute Gasteiger partial charge is 0.358 e. The molecule has 96 valence electrons. The van der Waals surface area contributed by atoms with Crippen LogP contribution in [-0.2, 0) is 18.4 Å². The monoisotopic (exact) mass is 252 g/mol. The van der Waals surface area contributed by atoms with Gasteiger partial charge in [0.1, 0.15) is 0 Å². The van der Waals surface area contributed by atoms with Crippen molar-refractivity contribution >= 4 is 13.5 Å². The number of nitrogens with one attached hydrogen (secondary N) is 2. The van der Waals surface area contributed by atoms with Crippen molar-refractivity contribution in [2.24, 2.45) is 0 Å². The molecule has 0 rings (SSSR count). The summed E-state index contributed by atoms with van der Waals surface area (Å²) in [5.74, 6) is -0.109. The summed E-state index contributed by atoms with van der Waals surface area (Å²) < 4.78 is 22.1. The Labute approximate surface area is 96.6 Å². The van der Waals surface area contributed by atoms with Gasteiger partial charge in [0.05, 0.1) is 25.9 Å². The second-order valence-electron chi connectivity index (χ2n) is 3.02. The fraction of sp³-hybridized carbons (Fsp3) is 0.889. The number of carbonyl (C=O) groups is 1. The van der Waals surface area contributed by atoms with Crippen LogP contribution in [0.4, 0.5) is 0 Å². The van der Waals surface area contributed by atoms with Gasteiger partial charge < -0.3 is 19.7 Å². The minimum absolute atomic E-state index is 0.109. The Balaban J connectivity index is 3.85. The van der Waals surface area contributed by atoms with E-state index in [9.17, 15) is 9.36 Å². The lowest BCUT2D eigenvalue weighted by Crippen LogP contribution is -2.32. The topological polar surface area (TPSA) is 76.7 Å². The number of rotatable bonds is 9. The van der Waals surface area contributed by atoms with E-state index in [0.717, 1.165) is 0 Å². The van der Waals surface area contributed by atoms with Gasteiger partial charge in [0, 0.05) is 13.6 Å². The Kier molecular flexibility index (Phi) is 8.47. The predicted molar refractivity (Wildman–Crippen MR) is 62.7 cm³/mol. The van der Waals surface area contributed by atoms with Crippen LogP contribution in [0.25, 0.3) is 0 Å². The number of hydrogen-bond donors (Lipinski definition) is 2. The highest BCUT2D eigenvalue weighted by Crippen LogP contribution is 2.47. The van der Waals surface area contributed by atoms with Crippen molar-refractivity contribution < 1.29 is 18.4 Å². The first-order valence-corrected chi connectivity index (χ1v) is 7.10. The number of carbonyl (C=O) groups excluding carboxylic acids is 1. The summed E-state index contributed by atoms with van der Waals surface area (Å²) >= 11 is 0. The van der Waals surface area contributed by atoms with Crippen LogP contribution in [0.15, 0.2) is 0 Å². The van der Waals surface area contributed by atoms with E-state index in [4.69, 9.17) is 9.05 Å². The molecule has 0 unspecified atom stereocenters. The van der Waals surface area contributed by atoms with Crippen molar-refractivity contribution in [2.45, 2.75) is 13.8 Å². The second kappa shape index (κ2) is 8.70. The predicted octanol–water partition coefficient (Wildman–Crippen LogP) is 0.588. The van der Waals surface area contributed by atoms with Gasteiger partial charge >= 0.3 is 7.60 Å². The van der Waals surface area contributed by atoms with E-state index in [1.807, 2.05) is 0 Å². The normalized spacial score (nSPS) is 11.4. The average Bonchev–Trinajstić information content (AvgIpc) is 2.25. The fourth-order valence-corrected chi connectivity index (χ4v) is 2.62. The van der Waals surface area contributed by atoms with E-state index in [1.54, 1.807) is 20.9 Å². The minimum atomic E-state index is -2.98. The summed E-state index contributed by atoms with van der Waals surface area (Å²) in [4.78, 5) is 10.9. The van der Waals surface area contributed by atoms with Gasteiger partial charge in [-0.2, -0.15) is 0 Å². The Morgan fingerprint density at radius 3 is 2.25 bits per heavy atom. The van der Waals surface area contributed by atoms with Gasteiger partial charge in [-0.15, -0.1) is 0 Å². The van der Waals surface area contributed by atoms with Crippen molar-refractivity contribution in [1.82, 2.24) is 10.6 Å². The Morgan fingerprint density at radius 2 is 1.81 bits per heavy atom. The third-order valence-corrected chi connectivity index (χ3v) is 3.85. The Hall–Kier alpha value is -0.420. The van der Waals surface area contributed by atoms with Crippen molar-refractivity contribution in [1.29, 1.82) is 0 Å². The highest BCUT2D eigenvalue weighted by atomic mass is 31.2. The molecule has 2 N–H and O–H groups in total. The molecule has 0 aromatic rings. The molecule has 6 nitrogen and oxygen atoms in total. The van der Waals surface area contributed by atoms with Crippen LogP contribution >= 0.6 is 7.60 Å². The molecule has 0 aliphatic carbocycles. The molecule has 0 heterocycles. The van der Waals surface area contributed by atoms with Crippen LogP contribution in [0.5, 0.6) is 0 Å². The van der Waals surface area contributed by atoms with Crippen LogP contribution in [0.1, 0.15) is 13.8 Å². The molecule has 0 spiro atoms. The first-order chi connectivity index (χ1) is 7.58. The van der Waals surface area contributed by atoms with Crippen molar-refractivity contribution in [3.8, 4) is 0 Å². The zero-order valence-corrected chi connectivity index (χ0v) is 11.0. The second-order valence-corrected chi connectivity index (χ2v) is 5.21. The summed E-state index contributed by atoms with van der Waals surface area (Å²) in [6.45, 7) is 4.87. The van der Waals surface area contributed by atoms with Gasteiger partial charge in [-0.1, -0.05) is 0 Å². The maximum Gasteiger partial charge on any atom is 0.331 e. The van der Waals surface area contributed by atoms with Crippen LogP contribution < -0.4 is 10.6 Å². The molecular weight excluding hydrogens is 231 g/mol. The SMILES string of the molecule is CCOP(=O)(CCNCC(=O)NC)OCC. The van der Waals surface area contributed by atoms with Crippen LogP contribution in [0.3, 0.4) is 0 Å². The number of likely N-dealkylation sites (N-methyl/N-ethyl adjacent to an activating group) is 1. The summed E-state index contributed by atoms with van der Waals surface area (Å²) in [6.07, 6.45) is 0.270. The van der Waals surface area contributed by atoms with E-state index in [0.29, 0.717) is 19.8 Å². The summed E-state index contributed by atoms with van der Waals surface area (Å²) in [6, 6.07) is 0. The molecule has 16 heavy (non-hydrogen) atoms. The highest BCUT2D eigenvalue weighted by molar-refractivity contribution is 7.53. The standard InChI is InChI=1S/C9H21N2O4P/c1-4-14-16(13,15-5-2)7-6-11-8-9(12)10-3/h11H,4-8H2,1-3H3,(H,10,12). The third kappa shape index (κ3) is 6.95. The molecule has 0 bridgehead atoms. The number of hydrogen-bond acceptors (Lipinski definition) is 5. The number of amides is 1. The zero-order valence-electron chi connectivity index (χ0n) is 10.1. The van der Waals surface area contributed by atoms with Gasteiger partial charge in [-0.25, -0.2) is 0 Å². The molecule has 1 amide bonds. The van der Waals surface area contributed by atoms with Crippen molar-refractivity contribution in [3.05, 3.63) is 0 Å². The van der Waals surface area contributed by atoms with E-state index in [-0.39, 0.29) is 18.6 Å². The molecule has 0 aromatic heterocycles. The zero-order chi connectivity index (χ0) is 12.4.